The van der Waals surface area contributed by atoms with Crippen LogP contribution < -0.4 is 10.1 Å². The summed E-state index contributed by atoms with van der Waals surface area (Å²) in [4.78, 5) is 16.7. The number of carbonyl (C=O) groups excluding carboxylic acids is 1. The van der Waals surface area contributed by atoms with Crippen LogP contribution in [0.25, 0.3) is 10.9 Å². The quantitative estimate of drug-likeness (QED) is 0.740. The third kappa shape index (κ3) is 2.64. The molecule has 0 aliphatic carbocycles. The molecule has 4 nitrogen and oxygen atoms in total. The van der Waals surface area contributed by atoms with Crippen molar-refractivity contribution in [3.05, 3.63) is 65.6 Å². The molecular formula is C17H11F3N2O2. The number of hydrogen-bond acceptors (Lipinski definition) is 3. The van der Waals surface area contributed by atoms with Crippen LogP contribution in [-0.4, -0.2) is 18.0 Å². The van der Waals surface area contributed by atoms with Crippen molar-refractivity contribution in [1.29, 1.82) is 0 Å². The van der Waals surface area contributed by atoms with Crippen LogP contribution in [0.4, 0.5) is 18.9 Å². The van der Waals surface area contributed by atoms with Crippen LogP contribution in [0.15, 0.2) is 42.6 Å². The molecule has 2 aromatic carbocycles. The van der Waals surface area contributed by atoms with Gasteiger partial charge in [-0.1, -0.05) is 18.2 Å². The van der Waals surface area contributed by atoms with Gasteiger partial charge in [-0.3, -0.25) is 9.78 Å². The van der Waals surface area contributed by atoms with Crippen LogP contribution in [0.5, 0.6) is 5.75 Å². The largest absolute Gasteiger partial charge is 0.494 e. The summed E-state index contributed by atoms with van der Waals surface area (Å²) in [5, 5.41) is 2.72. The van der Waals surface area contributed by atoms with Crippen molar-refractivity contribution in [3.63, 3.8) is 0 Å². The highest BCUT2D eigenvalue weighted by atomic mass is 19.2. The normalized spacial score (nSPS) is 10.7. The zero-order valence-electron chi connectivity index (χ0n) is 12.4. The molecule has 24 heavy (non-hydrogen) atoms. The fraction of sp³-hybridized carbons (Fsp3) is 0.0588. The second-order valence-corrected chi connectivity index (χ2v) is 4.90. The Bertz CT molecular complexity index is 945. The molecule has 0 radical (unpaired) electrons. The first-order valence-corrected chi connectivity index (χ1v) is 6.89. The van der Waals surface area contributed by atoms with E-state index in [2.05, 4.69) is 10.3 Å². The van der Waals surface area contributed by atoms with Crippen LogP contribution >= 0.6 is 0 Å². The molecule has 0 unspecified atom stereocenters. The third-order valence-electron chi connectivity index (χ3n) is 3.47. The number of amides is 1. The smallest absolute Gasteiger partial charge is 0.260 e. The van der Waals surface area contributed by atoms with Crippen molar-refractivity contribution in [3.8, 4) is 5.75 Å². The van der Waals surface area contributed by atoms with Crippen molar-refractivity contribution >= 4 is 22.5 Å². The molecule has 3 aromatic rings. The van der Waals surface area contributed by atoms with Crippen LogP contribution in [-0.2, 0) is 0 Å². The maximum Gasteiger partial charge on any atom is 0.260 e. The van der Waals surface area contributed by atoms with Gasteiger partial charge in [0.25, 0.3) is 5.91 Å². The number of rotatable bonds is 3. The Morgan fingerprint density at radius 2 is 1.83 bits per heavy atom. The number of methoxy groups -OCH3 is 1. The van der Waals surface area contributed by atoms with Crippen molar-refractivity contribution in [2.24, 2.45) is 0 Å². The number of benzene rings is 2. The van der Waals surface area contributed by atoms with Gasteiger partial charge in [-0.2, -0.15) is 0 Å². The van der Waals surface area contributed by atoms with E-state index in [9.17, 15) is 18.0 Å². The van der Waals surface area contributed by atoms with Gasteiger partial charge in [0.1, 0.15) is 0 Å². The zero-order chi connectivity index (χ0) is 17.3. The minimum atomic E-state index is -1.65. The van der Waals surface area contributed by atoms with E-state index < -0.39 is 29.0 Å². The van der Waals surface area contributed by atoms with Gasteiger partial charge >= 0.3 is 0 Å². The van der Waals surface area contributed by atoms with Gasteiger partial charge in [0.2, 0.25) is 0 Å². The van der Waals surface area contributed by atoms with E-state index in [1.54, 1.807) is 24.3 Å². The highest BCUT2D eigenvalue weighted by Gasteiger charge is 2.20. The first kappa shape index (κ1) is 15.8. The Morgan fingerprint density at radius 3 is 2.58 bits per heavy atom. The van der Waals surface area contributed by atoms with Crippen molar-refractivity contribution in [1.82, 2.24) is 4.98 Å². The van der Waals surface area contributed by atoms with E-state index >= 15 is 0 Å². The number of fused-ring (bicyclic) bond motifs is 1. The number of halogens is 3. The van der Waals surface area contributed by atoms with Crippen LogP contribution in [0.1, 0.15) is 10.4 Å². The molecule has 1 aromatic heterocycles. The molecule has 0 aliphatic rings. The van der Waals surface area contributed by atoms with E-state index in [0.29, 0.717) is 10.9 Å². The molecule has 3 rings (SSSR count). The molecule has 7 heteroatoms. The summed E-state index contributed by atoms with van der Waals surface area (Å²) in [5.74, 6) is -5.01. The van der Waals surface area contributed by atoms with E-state index in [4.69, 9.17) is 4.74 Å². The van der Waals surface area contributed by atoms with Crippen molar-refractivity contribution in [2.45, 2.75) is 0 Å². The van der Waals surface area contributed by atoms with Crippen molar-refractivity contribution in [2.75, 3.05) is 12.4 Å². The molecule has 0 atom stereocenters. The van der Waals surface area contributed by atoms with Crippen LogP contribution in [0.3, 0.4) is 0 Å². The Balaban J connectivity index is 2.08. The molecule has 0 fully saturated rings. The monoisotopic (exact) mass is 332 g/mol. The summed E-state index contributed by atoms with van der Waals surface area (Å²) in [7, 11) is 1.36. The van der Waals surface area contributed by atoms with E-state index in [-0.39, 0.29) is 11.3 Å². The third-order valence-corrected chi connectivity index (χ3v) is 3.47. The fourth-order valence-corrected chi connectivity index (χ4v) is 2.32. The molecule has 0 saturated heterocycles. The highest BCUT2D eigenvalue weighted by molar-refractivity contribution is 6.14. The number of aromatic nitrogens is 1. The number of pyridine rings is 1. The standard InChI is InChI=1S/C17H11F3N2O2/c1-24-13-8-21-11-5-3-2-4-9(11)14(13)17(23)22-12-7-6-10(18)15(19)16(12)20/h2-8H,1H3,(H,22,23). The van der Waals surface area contributed by atoms with Gasteiger partial charge in [0, 0.05) is 5.39 Å². The first-order chi connectivity index (χ1) is 11.5. The Morgan fingerprint density at radius 1 is 1.08 bits per heavy atom. The maximum absolute atomic E-state index is 13.8. The predicted molar refractivity (Wildman–Crippen MR) is 82.6 cm³/mol. The maximum atomic E-state index is 13.8. The lowest BCUT2D eigenvalue weighted by Gasteiger charge is -2.12. The number of nitrogens with zero attached hydrogens (tertiary/aromatic N) is 1. The van der Waals surface area contributed by atoms with Crippen molar-refractivity contribution < 1.29 is 22.7 Å². The number of ether oxygens (including phenoxy) is 1. The van der Waals surface area contributed by atoms with Crippen LogP contribution in [0.2, 0.25) is 0 Å². The number of hydrogen-bond donors (Lipinski definition) is 1. The molecule has 0 aliphatic heterocycles. The molecule has 0 bridgehead atoms. The number of anilines is 1. The molecule has 122 valence electrons. The average molecular weight is 332 g/mol. The molecule has 1 amide bonds. The summed E-state index contributed by atoms with van der Waals surface area (Å²) in [6.07, 6.45) is 1.36. The van der Waals surface area contributed by atoms with Crippen LogP contribution in [0, 0.1) is 17.5 Å². The molecule has 1 N–H and O–H groups in total. The van der Waals surface area contributed by atoms with E-state index in [1.807, 2.05) is 0 Å². The summed E-state index contributed by atoms with van der Waals surface area (Å²) in [5.41, 5.74) is 0.184. The second-order valence-electron chi connectivity index (χ2n) is 4.90. The topological polar surface area (TPSA) is 51.2 Å². The number of para-hydroxylation sites is 1. The molecule has 1 heterocycles. The van der Waals surface area contributed by atoms with Gasteiger partial charge in [-0.05, 0) is 18.2 Å². The van der Waals surface area contributed by atoms with E-state index in [1.165, 1.54) is 13.3 Å². The van der Waals surface area contributed by atoms with Gasteiger partial charge in [-0.25, -0.2) is 13.2 Å². The second kappa shape index (κ2) is 6.19. The lowest BCUT2D eigenvalue weighted by Crippen LogP contribution is -2.16. The first-order valence-electron chi connectivity index (χ1n) is 6.89. The number of nitrogens with one attached hydrogen (secondary N) is 1. The average Bonchev–Trinajstić information content (AvgIpc) is 2.61. The SMILES string of the molecule is COc1cnc2ccccc2c1C(=O)Nc1ccc(F)c(F)c1F. The number of carbonyl (C=O) groups is 1. The minimum Gasteiger partial charge on any atom is -0.494 e. The Kier molecular flexibility index (Phi) is 4.07. The molecular weight excluding hydrogens is 321 g/mol. The summed E-state index contributed by atoms with van der Waals surface area (Å²) in [6, 6.07) is 8.49. The molecule has 0 spiro atoms. The summed E-state index contributed by atoms with van der Waals surface area (Å²) < 4.78 is 45.2. The predicted octanol–water partition coefficient (Wildman–Crippen LogP) is 3.91. The van der Waals surface area contributed by atoms with Gasteiger partial charge < -0.3 is 10.1 Å². The van der Waals surface area contributed by atoms with Gasteiger partial charge in [0.05, 0.1) is 30.1 Å². The highest BCUT2D eigenvalue weighted by Crippen LogP contribution is 2.28. The molecule has 0 saturated carbocycles. The minimum absolute atomic E-state index is 0.118. The van der Waals surface area contributed by atoms with Gasteiger partial charge in [0.15, 0.2) is 23.2 Å². The van der Waals surface area contributed by atoms with E-state index in [0.717, 1.165) is 12.1 Å². The fourth-order valence-electron chi connectivity index (χ4n) is 2.32. The summed E-state index contributed by atoms with van der Waals surface area (Å²) in [6.45, 7) is 0. The lowest BCUT2D eigenvalue weighted by molar-refractivity contribution is 0.102. The summed E-state index contributed by atoms with van der Waals surface area (Å²) >= 11 is 0. The zero-order valence-corrected chi connectivity index (χ0v) is 12.4. The Hall–Kier alpha value is -3.09. The lowest BCUT2D eigenvalue weighted by atomic mass is 10.1. The van der Waals surface area contributed by atoms with Gasteiger partial charge in [-0.15, -0.1) is 0 Å². The Labute approximate surface area is 134 Å².